The number of benzene rings is 2. The first kappa shape index (κ1) is 15.1. The number of amides is 1. The minimum Gasteiger partial charge on any atom is -0.383 e. The third-order valence-corrected chi connectivity index (χ3v) is 3.96. The van der Waals surface area contributed by atoms with Gasteiger partial charge in [-0.25, -0.2) is 9.97 Å². The van der Waals surface area contributed by atoms with Gasteiger partial charge in [0.1, 0.15) is 11.6 Å². The molecule has 0 fully saturated rings. The smallest absolute Gasteiger partial charge is 0.234 e. The highest BCUT2D eigenvalue weighted by Crippen LogP contribution is 2.20. The minimum absolute atomic E-state index is 0.144. The van der Waals surface area contributed by atoms with Crippen LogP contribution in [0.15, 0.2) is 53.7 Å². The van der Waals surface area contributed by atoms with E-state index in [0.29, 0.717) is 5.16 Å². The second kappa shape index (κ2) is 6.53. The summed E-state index contributed by atoms with van der Waals surface area (Å²) in [5.41, 5.74) is 11.9. The molecule has 7 heteroatoms. The van der Waals surface area contributed by atoms with Crippen LogP contribution in [0.4, 0.5) is 17.3 Å². The zero-order valence-electron chi connectivity index (χ0n) is 12.2. The summed E-state index contributed by atoms with van der Waals surface area (Å²) in [6.07, 6.45) is 0. The van der Waals surface area contributed by atoms with E-state index in [4.69, 9.17) is 11.5 Å². The molecule has 0 spiro atoms. The van der Waals surface area contributed by atoms with Crippen LogP contribution in [0.5, 0.6) is 0 Å². The molecule has 1 amide bonds. The summed E-state index contributed by atoms with van der Waals surface area (Å²) in [5, 5.41) is 5.44. The van der Waals surface area contributed by atoms with E-state index in [-0.39, 0.29) is 23.3 Å². The Kier molecular flexibility index (Phi) is 4.29. The molecule has 1 aromatic heterocycles. The fourth-order valence-electron chi connectivity index (χ4n) is 2.12. The quantitative estimate of drug-likeness (QED) is 0.502. The van der Waals surface area contributed by atoms with E-state index in [1.54, 1.807) is 0 Å². The van der Waals surface area contributed by atoms with E-state index in [1.165, 1.54) is 17.8 Å². The third-order valence-electron chi connectivity index (χ3n) is 3.11. The summed E-state index contributed by atoms with van der Waals surface area (Å²) in [4.78, 5) is 20.1. The number of aromatic nitrogens is 2. The van der Waals surface area contributed by atoms with Crippen LogP contribution >= 0.6 is 11.8 Å². The van der Waals surface area contributed by atoms with Gasteiger partial charge >= 0.3 is 0 Å². The molecular weight excluding hydrogens is 310 g/mol. The van der Waals surface area contributed by atoms with Gasteiger partial charge in [0, 0.05) is 11.8 Å². The first-order valence-electron chi connectivity index (χ1n) is 6.91. The van der Waals surface area contributed by atoms with Crippen molar-refractivity contribution in [2.24, 2.45) is 0 Å². The molecule has 0 bridgehead atoms. The lowest BCUT2D eigenvalue weighted by Crippen LogP contribution is -2.14. The Bertz CT molecular complexity index is 848. The van der Waals surface area contributed by atoms with Crippen molar-refractivity contribution >= 4 is 45.8 Å². The lowest BCUT2D eigenvalue weighted by Gasteiger charge is -2.06. The zero-order chi connectivity index (χ0) is 16.2. The standard InChI is InChI=1S/C16H15N5OS/c17-13-8-14(18)21-16(20-13)23-9-15(22)19-12-6-5-10-3-1-2-4-11(10)7-12/h1-8H,9H2,(H,19,22)(H4,17,18,20,21). The molecule has 116 valence electrons. The second-order valence-electron chi connectivity index (χ2n) is 4.90. The van der Waals surface area contributed by atoms with Crippen molar-refractivity contribution in [3.8, 4) is 0 Å². The van der Waals surface area contributed by atoms with Crippen LogP contribution in [-0.2, 0) is 4.79 Å². The fraction of sp³-hybridized carbons (Fsp3) is 0.0625. The Morgan fingerprint density at radius 3 is 2.43 bits per heavy atom. The van der Waals surface area contributed by atoms with Crippen LogP contribution < -0.4 is 16.8 Å². The molecule has 6 nitrogen and oxygen atoms in total. The molecule has 0 aliphatic carbocycles. The van der Waals surface area contributed by atoms with Gasteiger partial charge < -0.3 is 16.8 Å². The highest BCUT2D eigenvalue weighted by atomic mass is 32.2. The predicted molar refractivity (Wildman–Crippen MR) is 94.2 cm³/mol. The lowest BCUT2D eigenvalue weighted by atomic mass is 10.1. The number of carbonyl (C=O) groups is 1. The van der Waals surface area contributed by atoms with Gasteiger partial charge in [0.2, 0.25) is 5.91 Å². The van der Waals surface area contributed by atoms with Gasteiger partial charge in [-0.15, -0.1) is 0 Å². The van der Waals surface area contributed by atoms with Gasteiger partial charge in [0.25, 0.3) is 0 Å². The molecular formula is C16H15N5OS. The monoisotopic (exact) mass is 325 g/mol. The molecule has 5 N–H and O–H groups in total. The van der Waals surface area contributed by atoms with Crippen molar-refractivity contribution in [3.05, 3.63) is 48.5 Å². The Morgan fingerprint density at radius 1 is 1.00 bits per heavy atom. The number of nitrogen functional groups attached to an aromatic ring is 2. The van der Waals surface area contributed by atoms with Crippen LogP contribution in [-0.4, -0.2) is 21.6 Å². The van der Waals surface area contributed by atoms with Crippen LogP contribution in [0, 0.1) is 0 Å². The summed E-state index contributed by atoms with van der Waals surface area (Å²) in [6.45, 7) is 0. The van der Waals surface area contributed by atoms with Gasteiger partial charge in [-0.2, -0.15) is 0 Å². The van der Waals surface area contributed by atoms with Crippen LogP contribution in [0.25, 0.3) is 10.8 Å². The predicted octanol–water partition coefficient (Wildman–Crippen LogP) is 2.53. The summed E-state index contributed by atoms with van der Waals surface area (Å²) in [7, 11) is 0. The number of nitrogens with one attached hydrogen (secondary N) is 1. The Balaban J connectivity index is 1.64. The number of carbonyl (C=O) groups excluding carboxylic acids is 1. The average Bonchev–Trinajstić information content (AvgIpc) is 2.52. The van der Waals surface area contributed by atoms with Crippen molar-refractivity contribution in [3.63, 3.8) is 0 Å². The topological polar surface area (TPSA) is 107 Å². The normalized spacial score (nSPS) is 10.6. The van der Waals surface area contributed by atoms with Crippen LogP contribution in [0.3, 0.4) is 0 Å². The number of thioether (sulfide) groups is 1. The minimum atomic E-state index is -0.144. The highest BCUT2D eigenvalue weighted by Gasteiger charge is 2.07. The van der Waals surface area contributed by atoms with Crippen molar-refractivity contribution < 1.29 is 4.79 Å². The number of hydrogen-bond donors (Lipinski definition) is 3. The van der Waals surface area contributed by atoms with E-state index >= 15 is 0 Å². The molecule has 0 aliphatic heterocycles. The molecule has 0 unspecified atom stereocenters. The first-order chi connectivity index (χ1) is 11.1. The highest BCUT2D eigenvalue weighted by molar-refractivity contribution is 7.99. The number of rotatable bonds is 4. The van der Waals surface area contributed by atoms with Gasteiger partial charge in [-0.1, -0.05) is 42.1 Å². The van der Waals surface area contributed by atoms with Gasteiger partial charge in [0.15, 0.2) is 5.16 Å². The Labute approximate surface area is 137 Å². The number of nitrogens with zero attached hydrogens (tertiary/aromatic N) is 2. The second-order valence-corrected chi connectivity index (χ2v) is 5.84. The van der Waals surface area contributed by atoms with Crippen molar-refractivity contribution in [1.29, 1.82) is 0 Å². The molecule has 3 aromatic rings. The van der Waals surface area contributed by atoms with Gasteiger partial charge in [-0.05, 0) is 22.9 Å². The number of hydrogen-bond acceptors (Lipinski definition) is 6. The largest absolute Gasteiger partial charge is 0.383 e. The van der Waals surface area contributed by atoms with Crippen molar-refractivity contribution in [2.75, 3.05) is 22.5 Å². The summed E-state index contributed by atoms with van der Waals surface area (Å²) in [5.74, 6) is 0.607. The van der Waals surface area contributed by atoms with Crippen molar-refractivity contribution in [2.45, 2.75) is 5.16 Å². The van der Waals surface area contributed by atoms with Gasteiger partial charge in [0.05, 0.1) is 5.75 Å². The molecule has 0 saturated carbocycles. The molecule has 1 heterocycles. The Morgan fingerprint density at radius 2 is 1.70 bits per heavy atom. The van der Waals surface area contributed by atoms with E-state index in [1.807, 2.05) is 42.5 Å². The average molecular weight is 325 g/mol. The maximum Gasteiger partial charge on any atom is 0.234 e. The summed E-state index contributed by atoms with van der Waals surface area (Å²) in [6, 6.07) is 15.2. The summed E-state index contributed by atoms with van der Waals surface area (Å²) < 4.78 is 0. The molecule has 0 atom stereocenters. The third kappa shape index (κ3) is 3.89. The van der Waals surface area contributed by atoms with E-state index in [9.17, 15) is 4.79 Å². The SMILES string of the molecule is Nc1cc(N)nc(SCC(=O)Nc2ccc3ccccc3c2)n1. The molecule has 23 heavy (non-hydrogen) atoms. The van der Waals surface area contributed by atoms with Crippen LogP contribution in [0.2, 0.25) is 0 Å². The molecule has 0 radical (unpaired) electrons. The maximum atomic E-state index is 12.0. The maximum absolute atomic E-state index is 12.0. The van der Waals surface area contributed by atoms with E-state index in [2.05, 4.69) is 15.3 Å². The van der Waals surface area contributed by atoms with E-state index in [0.717, 1.165) is 16.5 Å². The number of fused-ring (bicyclic) bond motifs is 1. The molecule has 2 aromatic carbocycles. The lowest BCUT2D eigenvalue weighted by molar-refractivity contribution is -0.113. The zero-order valence-corrected chi connectivity index (χ0v) is 13.0. The molecule has 3 rings (SSSR count). The molecule has 0 aliphatic rings. The first-order valence-corrected chi connectivity index (χ1v) is 7.90. The fourth-order valence-corrected chi connectivity index (χ4v) is 2.79. The van der Waals surface area contributed by atoms with Gasteiger partial charge in [-0.3, -0.25) is 4.79 Å². The molecule has 0 saturated heterocycles. The number of nitrogens with two attached hydrogens (primary N) is 2. The number of anilines is 3. The van der Waals surface area contributed by atoms with Crippen molar-refractivity contribution in [1.82, 2.24) is 9.97 Å². The summed E-state index contributed by atoms with van der Waals surface area (Å²) >= 11 is 1.19. The van der Waals surface area contributed by atoms with Crippen LogP contribution in [0.1, 0.15) is 0 Å². The Hall–Kier alpha value is -2.80. The van der Waals surface area contributed by atoms with E-state index < -0.39 is 0 Å².